The van der Waals surface area contributed by atoms with E-state index < -0.39 is 0 Å². The number of nitrogens with zero attached hydrogens (tertiary/aromatic N) is 2. The summed E-state index contributed by atoms with van der Waals surface area (Å²) in [5.74, 6) is 0.153. The summed E-state index contributed by atoms with van der Waals surface area (Å²) in [5, 5.41) is 0. The molecule has 1 aromatic rings. The lowest BCUT2D eigenvalue weighted by atomic mass is 10.1. The number of hydrogen-bond donors (Lipinski definition) is 0. The zero-order valence-corrected chi connectivity index (χ0v) is 12.0. The number of likely N-dealkylation sites (N-methyl/N-ethyl adjacent to an activating group) is 1. The van der Waals surface area contributed by atoms with E-state index in [-0.39, 0.29) is 11.7 Å². The lowest BCUT2D eigenvalue weighted by Gasteiger charge is -2.34. The number of hydrogen-bond acceptors (Lipinski definition) is 3. The van der Waals surface area contributed by atoms with Gasteiger partial charge in [-0.05, 0) is 41.1 Å². The number of anilines is 1. The Morgan fingerprint density at radius 1 is 1.33 bits per heavy atom. The minimum atomic E-state index is 0.0386. The van der Waals surface area contributed by atoms with E-state index in [9.17, 15) is 9.59 Å². The van der Waals surface area contributed by atoms with Gasteiger partial charge in [0.25, 0.3) is 0 Å². The molecule has 5 heteroatoms. The summed E-state index contributed by atoms with van der Waals surface area (Å²) in [6, 6.07) is 5.49. The third kappa shape index (κ3) is 2.56. The first kappa shape index (κ1) is 13.1. The van der Waals surface area contributed by atoms with Gasteiger partial charge in [0.1, 0.15) is 0 Å². The van der Waals surface area contributed by atoms with E-state index in [1.54, 1.807) is 24.0 Å². The Hall–Kier alpha value is -1.36. The third-order valence-electron chi connectivity index (χ3n) is 3.15. The quantitative estimate of drug-likeness (QED) is 0.784. The van der Waals surface area contributed by atoms with Crippen LogP contribution < -0.4 is 4.90 Å². The van der Waals surface area contributed by atoms with Gasteiger partial charge < -0.3 is 9.80 Å². The van der Waals surface area contributed by atoms with Crippen LogP contribution in [-0.2, 0) is 4.79 Å². The Balaban J connectivity index is 2.24. The Bertz CT molecular complexity index is 502. The van der Waals surface area contributed by atoms with Crippen LogP contribution in [0.25, 0.3) is 0 Å². The van der Waals surface area contributed by atoms with Gasteiger partial charge in [-0.3, -0.25) is 9.59 Å². The maximum absolute atomic E-state index is 11.7. The number of carbonyl (C=O) groups is 2. The number of rotatable bonds is 2. The topological polar surface area (TPSA) is 40.6 Å². The normalized spacial score (nSPS) is 16.1. The highest BCUT2D eigenvalue weighted by Crippen LogP contribution is 2.28. The molecule has 0 unspecified atom stereocenters. The largest absolute Gasteiger partial charge is 0.360 e. The van der Waals surface area contributed by atoms with Crippen molar-refractivity contribution in [3.63, 3.8) is 0 Å². The second kappa shape index (κ2) is 5.10. The average Bonchev–Trinajstić information content (AvgIpc) is 2.32. The monoisotopic (exact) mass is 310 g/mol. The summed E-state index contributed by atoms with van der Waals surface area (Å²) in [4.78, 5) is 26.7. The molecule has 18 heavy (non-hydrogen) atoms. The van der Waals surface area contributed by atoms with Gasteiger partial charge >= 0.3 is 0 Å². The molecule has 0 atom stereocenters. The molecule has 1 aromatic carbocycles. The van der Waals surface area contributed by atoms with Crippen molar-refractivity contribution < 1.29 is 9.59 Å². The summed E-state index contributed by atoms with van der Waals surface area (Å²) in [5.41, 5.74) is 1.63. The molecule has 1 heterocycles. The van der Waals surface area contributed by atoms with Gasteiger partial charge in [0.15, 0.2) is 5.78 Å². The highest BCUT2D eigenvalue weighted by atomic mass is 79.9. The van der Waals surface area contributed by atoms with Gasteiger partial charge in [-0.1, -0.05) is 0 Å². The number of carbonyl (C=O) groups excluding carboxylic acids is 2. The fraction of sp³-hybridized carbons (Fsp3) is 0.385. The Morgan fingerprint density at radius 3 is 2.61 bits per heavy atom. The van der Waals surface area contributed by atoms with E-state index in [0.29, 0.717) is 12.1 Å². The third-order valence-corrected chi connectivity index (χ3v) is 3.79. The van der Waals surface area contributed by atoms with Crippen molar-refractivity contribution in [1.82, 2.24) is 4.90 Å². The molecule has 0 spiro atoms. The average molecular weight is 311 g/mol. The second-order valence-corrected chi connectivity index (χ2v) is 5.31. The van der Waals surface area contributed by atoms with Crippen molar-refractivity contribution in [3.8, 4) is 0 Å². The van der Waals surface area contributed by atoms with Gasteiger partial charge in [-0.15, -0.1) is 0 Å². The Morgan fingerprint density at radius 2 is 2.06 bits per heavy atom. The van der Waals surface area contributed by atoms with E-state index in [1.165, 1.54) is 0 Å². The minimum Gasteiger partial charge on any atom is -0.360 e. The maximum Gasteiger partial charge on any atom is 0.241 e. The van der Waals surface area contributed by atoms with Crippen LogP contribution in [-0.4, -0.2) is 43.3 Å². The lowest BCUT2D eigenvalue weighted by molar-refractivity contribution is -0.129. The van der Waals surface area contributed by atoms with Crippen LogP contribution in [0, 0.1) is 0 Å². The molecule has 0 N–H and O–H groups in total. The van der Waals surface area contributed by atoms with E-state index in [2.05, 4.69) is 15.9 Å². The smallest absolute Gasteiger partial charge is 0.241 e. The SMILES string of the molecule is CC(=O)c1ccc(N2CCN(C)C(=O)C2)c(Br)c1. The molecule has 0 aliphatic carbocycles. The van der Waals surface area contributed by atoms with Crippen LogP contribution in [0.4, 0.5) is 5.69 Å². The van der Waals surface area contributed by atoms with Gasteiger partial charge in [0.2, 0.25) is 5.91 Å². The first-order valence-corrected chi connectivity index (χ1v) is 6.57. The predicted molar refractivity (Wildman–Crippen MR) is 74.0 cm³/mol. The highest BCUT2D eigenvalue weighted by molar-refractivity contribution is 9.10. The van der Waals surface area contributed by atoms with Gasteiger partial charge in [-0.25, -0.2) is 0 Å². The minimum absolute atomic E-state index is 0.0386. The fourth-order valence-electron chi connectivity index (χ4n) is 1.95. The molecule has 1 aliphatic rings. The van der Waals surface area contributed by atoms with Crippen LogP contribution in [0.2, 0.25) is 0 Å². The van der Waals surface area contributed by atoms with Crippen LogP contribution in [0.5, 0.6) is 0 Å². The molecule has 2 rings (SSSR count). The Kier molecular flexibility index (Phi) is 3.71. The molecule has 0 aromatic heterocycles. The zero-order valence-electron chi connectivity index (χ0n) is 10.4. The van der Waals surface area contributed by atoms with Crippen molar-refractivity contribution in [2.45, 2.75) is 6.92 Å². The molecule has 1 fully saturated rings. The van der Waals surface area contributed by atoms with Crippen molar-refractivity contribution in [1.29, 1.82) is 0 Å². The van der Waals surface area contributed by atoms with E-state index >= 15 is 0 Å². The van der Waals surface area contributed by atoms with Gasteiger partial charge in [0, 0.05) is 30.2 Å². The van der Waals surface area contributed by atoms with Crippen molar-refractivity contribution in [2.75, 3.05) is 31.6 Å². The fourth-order valence-corrected chi connectivity index (χ4v) is 2.58. The van der Waals surface area contributed by atoms with Crippen LogP contribution in [0.15, 0.2) is 22.7 Å². The summed E-state index contributed by atoms with van der Waals surface area (Å²) in [6.45, 7) is 3.45. The molecular weight excluding hydrogens is 296 g/mol. The van der Waals surface area contributed by atoms with E-state index in [0.717, 1.165) is 23.2 Å². The summed E-state index contributed by atoms with van der Waals surface area (Å²) >= 11 is 3.47. The van der Waals surface area contributed by atoms with Crippen molar-refractivity contribution >= 4 is 33.3 Å². The summed E-state index contributed by atoms with van der Waals surface area (Å²) < 4.78 is 0.854. The number of ketones is 1. The van der Waals surface area contributed by atoms with E-state index in [1.807, 2.05) is 18.0 Å². The predicted octanol–water partition coefficient (Wildman–Crippen LogP) is 1.93. The van der Waals surface area contributed by atoms with Crippen LogP contribution in [0.1, 0.15) is 17.3 Å². The first-order valence-electron chi connectivity index (χ1n) is 5.78. The molecule has 0 saturated carbocycles. The first-order chi connectivity index (χ1) is 8.49. The molecule has 1 saturated heterocycles. The Labute approximate surface area is 115 Å². The maximum atomic E-state index is 11.7. The van der Waals surface area contributed by atoms with Crippen molar-refractivity contribution in [3.05, 3.63) is 28.2 Å². The zero-order chi connectivity index (χ0) is 13.3. The summed E-state index contributed by atoms with van der Waals surface area (Å²) in [6.07, 6.45) is 0. The highest BCUT2D eigenvalue weighted by Gasteiger charge is 2.22. The number of benzene rings is 1. The molecule has 96 valence electrons. The number of amides is 1. The molecule has 1 amide bonds. The lowest BCUT2D eigenvalue weighted by Crippen LogP contribution is -2.48. The number of Topliss-reactive ketones (excluding diaryl/α,β-unsaturated/α-hetero) is 1. The van der Waals surface area contributed by atoms with E-state index in [4.69, 9.17) is 0 Å². The molecule has 4 nitrogen and oxygen atoms in total. The molecular formula is C13H15BrN2O2. The molecule has 1 aliphatic heterocycles. The van der Waals surface area contributed by atoms with Crippen molar-refractivity contribution in [2.24, 2.45) is 0 Å². The number of piperazine rings is 1. The van der Waals surface area contributed by atoms with Crippen LogP contribution >= 0.6 is 15.9 Å². The number of halogens is 1. The second-order valence-electron chi connectivity index (χ2n) is 4.46. The van der Waals surface area contributed by atoms with Gasteiger partial charge in [0.05, 0.1) is 12.2 Å². The molecule has 0 bridgehead atoms. The summed E-state index contributed by atoms with van der Waals surface area (Å²) in [7, 11) is 1.81. The van der Waals surface area contributed by atoms with Gasteiger partial charge in [-0.2, -0.15) is 0 Å². The standard InChI is InChI=1S/C13H15BrN2O2/c1-9(17)10-3-4-12(11(14)7-10)16-6-5-15(2)13(18)8-16/h3-4,7H,5-6,8H2,1-2H3. The molecule has 0 radical (unpaired) electrons. The van der Waals surface area contributed by atoms with Crippen LogP contribution in [0.3, 0.4) is 0 Å².